The normalized spacial score (nSPS) is 8.94. The van der Waals surface area contributed by atoms with E-state index in [1.165, 1.54) is 25.1 Å². The molecular formula is C12H8N2O2. The Hall–Kier alpha value is -2.46. The number of Topliss-reactive ketones (excluding diaryl/α,β-unsaturated/α-hetero) is 2. The van der Waals surface area contributed by atoms with Gasteiger partial charge in [0, 0.05) is 5.56 Å². The summed E-state index contributed by atoms with van der Waals surface area (Å²) >= 11 is 0. The summed E-state index contributed by atoms with van der Waals surface area (Å²) in [5.41, 5.74) is 0.657. The summed E-state index contributed by atoms with van der Waals surface area (Å²) in [4.78, 5) is 22.3. The molecule has 0 aromatic heterocycles. The summed E-state index contributed by atoms with van der Waals surface area (Å²) in [6, 6.07) is 7.88. The number of ketones is 2. The SMILES string of the molecule is CC(=O)CC(=O)c1ccc(C#N)c(C#N)c1. The van der Waals surface area contributed by atoms with Gasteiger partial charge in [-0.3, -0.25) is 9.59 Å². The maximum Gasteiger partial charge on any atom is 0.170 e. The number of nitriles is 2. The number of benzene rings is 1. The van der Waals surface area contributed by atoms with Gasteiger partial charge in [-0.25, -0.2) is 0 Å². The van der Waals surface area contributed by atoms with Crippen LogP contribution in [0.3, 0.4) is 0 Å². The minimum atomic E-state index is -0.339. The van der Waals surface area contributed by atoms with Crippen molar-refractivity contribution in [3.8, 4) is 12.1 Å². The van der Waals surface area contributed by atoms with Gasteiger partial charge in [0.15, 0.2) is 5.78 Å². The zero-order valence-corrected chi connectivity index (χ0v) is 8.65. The Balaban J connectivity index is 3.11. The molecule has 0 saturated carbocycles. The second kappa shape index (κ2) is 4.86. The molecule has 1 rings (SSSR count). The maximum atomic E-state index is 11.5. The van der Waals surface area contributed by atoms with E-state index in [4.69, 9.17) is 10.5 Å². The van der Waals surface area contributed by atoms with Gasteiger partial charge in [0.2, 0.25) is 0 Å². The standard InChI is InChI=1S/C12H8N2O2/c1-8(15)4-12(16)9-2-3-10(6-13)11(5-9)7-14/h2-3,5H,4H2,1H3. The van der Waals surface area contributed by atoms with Crippen molar-refractivity contribution in [2.45, 2.75) is 13.3 Å². The fourth-order valence-corrected chi connectivity index (χ4v) is 1.24. The molecule has 0 radical (unpaired) electrons. The molecular weight excluding hydrogens is 204 g/mol. The Labute approximate surface area is 92.7 Å². The van der Waals surface area contributed by atoms with Gasteiger partial charge >= 0.3 is 0 Å². The van der Waals surface area contributed by atoms with Crippen LogP contribution in [0.2, 0.25) is 0 Å². The lowest BCUT2D eigenvalue weighted by atomic mass is 10.0. The number of hydrogen-bond acceptors (Lipinski definition) is 4. The minimum absolute atomic E-state index is 0.150. The lowest BCUT2D eigenvalue weighted by Crippen LogP contribution is -2.05. The predicted molar refractivity (Wildman–Crippen MR) is 55.5 cm³/mol. The van der Waals surface area contributed by atoms with Gasteiger partial charge in [-0.05, 0) is 25.1 Å². The smallest absolute Gasteiger partial charge is 0.170 e. The maximum absolute atomic E-state index is 11.5. The summed E-state index contributed by atoms with van der Waals surface area (Å²) in [5, 5.41) is 17.4. The molecule has 16 heavy (non-hydrogen) atoms. The first-order chi connectivity index (χ1) is 7.58. The Morgan fingerprint density at radius 3 is 2.31 bits per heavy atom. The van der Waals surface area contributed by atoms with Crippen molar-refractivity contribution in [3.63, 3.8) is 0 Å². The van der Waals surface area contributed by atoms with Gasteiger partial charge in [-0.1, -0.05) is 0 Å². The van der Waals surface area contributed by atoms with Crippen molar-refractivity contribution in [3.05, 3.63) is 34.9 Å². The van der Waals surface area contributed by atoms with E-state index in [9.17, 15) is 9.59 Å². The van der Waals surface area contributed by atoms with Crippen molar-refractivity contribution < 1.29 is 9.59 Å². The molecule has 0 atom stereocenters. The van der Waals surface area contributed by atoms with Crippen molar-refractivity contribution in [1.82, 2.24) is 0 Å². The quantitative estimate of drug-likeness (QED) is 0.562. The summed E-state index contributed by atoms with van der Waals surface area (Å²) in [5.74, 6) is -0.568. The van der Waals surface area contributed by atoms with Gasteiger partial charge in [-0.15, -0.1) is 0 Å². The van der Waals surface area contributed by atoms with Crippen LogP contribution in [-0.4, -0.2) is 11.6 Å². The molecule has 0 aliphatic heterocycles. The third-order valence-electron chi connectivity index (χ3n) is 1.99. The predicted octanol–water partition coefficient (Wildman–Crippen LogP) is 1.59. The van der Waals surface area contributed by atoms with Gasteiger partial charge in [0.25, 0.3) is 0 Å². The van der Waals surface area contributed by atoms with E-state index >= 15 is 0 Å². The first kappa shape index (κ1) is 11.6. The highest BCUT2D eigenvalue weighted by atomic mass is 16.1. The Bertz CT molecular complexity index is 533. The zero-order valence-electron chi connectivity index (χ0n) is 8.65. The topological polar surface area (TPSA) is 81.7 Å². The van der Waals surface area contributed by atoms with E-state index in [1.54, 1.807) is 0 Å². The lowest BCUT2D eigenvalue weighted by molar-refractivity contribution is -0.116. The Kier molecular flexibility index (Phi) is 3.53. The molecule has 0 bridgehead atoms. The first-order valence-electron chi connectivity index (χ1n) is 4.55. The van der Waals surface area contributed by atoms with E-state index in [0.29, 0.717) is 0 Å². The third kappa shape index (κ3) is 2.52. The molecule has 0 aliphatic rings. The van der Waals surface area contributed by atoms with Crippen LogP contribution >= 0.6 is 0 Å². The zero-order chi connectivity index (χ0) is 12.1. The molecule has 0 amide bonds. The van der Waals surface area contributed by atoms with Crippen LogP contribution in [0, 0.1) is 22.7 Å². The largest absolute Gasteiger partial charge is 0.300 e. The molecule has 0 N–H and O–H groups in total. The van der Waals surface area contributed by atoms with Gasteiger partial charge in [-0.2, -0.15) is 10.5 Å². The van der Waals surface area contributed by atoms with E-state index in [0.717, 1.165) is 0 Å². The second-order valence-electron chi connectivity index (χ2n) is 3.29. The highest BCUT2D eigenvalue weighted by Crippen LogP contribution is 2.12. The van der Waals surface area contributed by atoms with E-state index < -0.39 is 0 Å². The fraction of sp³-hybridized carbons (Fsp3) is 0.167. The molecule has 0 heterocycles. The third-order valence-corrected chi connectivity index (χ3v) is 1.99. The molecule has 0 unspecified atom stereocenters. The van der Waals surface area contributed by atoms with Crippen molar-refractivity contribution in [1.29, 1.82) is 10.5 Å². The lowest BCUT2D eigenvalue weighted by Gasteiger charge is -2.00. The molecule has 0 spiro atoms. The van der Waals surface area contributed by atoms with Crippen molar-refractivity contribution >= 4 is 11.6 Å². The Morgan fingerprint density at radius 2 is 1.81 bits per heavy atom. The molecule has 4 heteroatoms. The average Bonchev–Trinajstić information content (AvgIpc) is 2.27. The van der Waals surface area contributed by atoms with Gasteiger partial charge < -0.3 is 0 Å². The molecule has 0 aliphatic carbocycles. The van der Waals surface area contributed by atoms with E-state index in [1.807, 2.05) is 12.1 Å². The molecule has 4 nitrogen and oxygen atoms in total. The molecule has 78 valence electrons. The molecule has 1 aromatic rings. The number of hydrogen-bond donors (Lipinski definition) is 0. The van der Waals surface area contributed by atoms with Crippen LogP contribution in [0.5, 0.6) is 0 Å². The monoisotopic (exact) mass is 212 g/mol. The molecule has 0 saturated heterocycles. The van der Waals surface area contributed by atoms with Crippen LogP contribution in [-0.2, 0) is 4.79 Å². The van der Waals surface area contributed by atoms with Gasteiger partial charge in [0.1, 0.15) is 17.9 Å². The Morgan fingerprint density at radius 1 is 1.19 bits per heavy atom. The summed E-state index contributed by atoms with van der Waals surface area (Å²) in [7, 11) is 0. The van der Waals surface area contributed by atoms with Crippen molar-refractivity contribution in [2.24, 2.45) is 0 Å². The molecule has 0 fully saturated rings. The van der Waals surface area contributed by atoms with Crippen LogP contribution < -0.4 is 0 Å². The first-order valence-corrected chi connectivity index (χ1v) is 4.55. The second-order valence-corrected chi connectivity index (χ2v) is 3.29. The van der Waals surface area contributed by atoms with Crippen LogP contribution in [0.15, 0.2) is 18.2 Å². The van der Waals surface area contributed by atoms with Crippen LogP contribution in [0.1, 0.15) is 34.8 Å². The molecule has 1 aromatic carbocycles. The van der Waals surface area contributed by atoms with E-state index in [2.05, 4.69) is 0 Å². The van der Waals surface area contributed by atoms with Crippen LogP contribution in [0.4, 0.5) is 0 Å². The van der Waals surface area contributed by atoms with E-state index in [-0.39, 0.29) is 34.7 Å². The summed E-state index contributed by atoms with van der Waals surface area (Å²) in [6.45, 7) is 1.33. The number of nitrogens with zero attached hydrogens (tertiary/aromatic N) is 2. The van der Waals surface area contributed by atoms with Gasteiger partial charge in [0.05, 0.1) is 17.5 Å². The number of carbonyl (C=O) groups excluding carboxylic acids is 2. The summed E-state index contributed by atoms with van der Waals surface area (Å²) < 4.78 is 0. The average molecular weight is 212 g/mol. The number of rotatable bonds is 3. The number of carbonyl (C=O) groups is 2. The minimum Gasteiger partial charge on any atom is -0.300 e. The highest BCUT2D eigenvalue weighted by molar-refractivity contribution is 6.07. The summed E-state index contributed by atoms with van der Waals surface area (Å²) in [6.07, 6.45) is -0.184. The van der Waals surface area contributed by atoms with Crippen LogP contribution in [0.25, 0.3) is 0 Å². The fourth-order valence-electron chi connectivity index (χ4n) is 1.24. The highest BCUT2D eigenvalue weighted by Gasteiger charge is 2.11. The van der Waals surface area contributed by atoms with Crippen molar-refractivity contribution in [2.75, 3.05) is 0 Å².